The molecule has 0 fully saturated rings. The summed E-state index contributed by atoms with van der Waals surface area (Å²) in [6.45, 7) is 0. The molecule has 0 spiro atoms. The molecule has 2 aromatic rings. The summed E-state index contributed by atoms with van der Waals surface area (Å²) in [5, 5.41) is 6.62. The van der Waals surface area contributed by atoms with Crippen LogP contribution in [0.2, 0.25) is 0 Å². The van der Waals surface area contributed by atoms with Crippen LogP contribution < -0.4 is 5.32 Å². The third-order valence-electron chi connectivity index (χ3n) is 3.04. The van der Waals surface area contributed by atoms with Crippen molar-refractivity contribution in [1.29, 1.82) is 0 Å². The predicted molar refractivity (Wildman–Crippen MR) is 72.5 cm³/mol. The summed E-state index contributed by atoms with van der Waals surface area (Å²) in [5.41, 5.74) is 1.12. The van der Waals surface area contributed by atoms with Crippen LogP contribution in [0.15, 0.2) is 29.0 Å². The molecule has 1 aliphatic rings. The van der Waals surface area contributed by atoms with Crippen LogP contribution in [-0.4, -0.2) is 17.7 Å². The van der Waals surface area contributed by atoms with Gasteiger partial charge in [-0.05, 0) is 41.3 Å². The van der Waals surface area contributed by atoms with Gasteiger partial charge >= 0.3 is 0 Å². The SMILES string of the molecule is O=C(NC1CCc2ccsc2C1=O)c1cccs1. The molecule has 0 aromatic carbocycles. The Morgan fingerprint density at radius 2 is 2.17 bits per heavy atom. The normalized spacial score (nSPS) is 18.4. The second-order valence-corrected chi connectivity index (χ2v) is 6.05. The molecule has 1 aliphatic carbocycles. The number of ketones is 1. The number of fused-ring (bicyclic) bond motifs is 1. The highest BCUT2D eigenvalue weighted by Crippen LogP contribution is 2.26. The number of carbonyl (C=O) groups is 2. The van der Waals surface area contributed by atoms with Gasteiger partial charge in [-0.25, -0.2) is 0 Å². The Balaban J connectivity index is 1.76. The van der Waals surface area contributed by atoms with Crippen molar-refractivity contribution in [3.8, 4) is 0 Å². The molecule has 5 heteroatoms. The number of hydrogen-bond donors (Lipinski definition) is 1. The Morgan fingerprint density at radius 1 is 1.28 bits per heavy atom. The number of carbonyl (C=O) groups excluding carboxylic acids is 2. The minimum Gasteiger partial charge on any atom is -0.341 e. The van der Waals surface area contributed by atoms with Gasteiger partial charge < -0.3 is 5.32 Å². The molecule has 0 saturated heterocycles. The third-order valence-corrected chi connectivity index (χ3v) is 4.88. The van der Waals surface area contributed by atoms with Gasteiger partial charge in [0.15, 0.2) is 5.78 Å². The van der Waals surface area contributed by atoms with Gasteiger partial charge in [-0.15, -0.1) is 22.7 Å². The van der Waals surface area contributed by atoms with Crippen molar-refractivity contribution in [1.82, 2.24) is 5.32 Å². The molecule has 18 heavy (non-hydrogen) atoms. The first kappa shape index (κ1) is 11.6. The van der Waals surface area contributed by atoms with Crippen molar-refractivity contribution < 1.29 is 9.59 Å². The van der Waals surface area contributed by atoms with Crippen molar-refractivity contribution in [2.75, 3.05) is 0 Å². The topological polar surface area (TPSA) is 46.2 Å². The third kappa shape index (κ3) is 2.00. The van der Waals surface area contributed by atoms with Crippen molar-refractivity contribution >= 4 is 34.4 Å². The largest absolute Gasteiger partial charge is 0.341 e. The first-order valence-electron chi connectivity index (χ1n) is 5.70. The summed E-state index contributed by atoms with van der Waals surface area (Å²) in [7, 11) is 0. The van der Waals surface area contributed by atoms with E-state index in [0.717, 1.165) is 16.9 Å². The lowest BCUT2D eigenvalue weighted by molar-refractivity contribution is 0.0850. The molecule has 3 rings (SSSR count). The molecule has 0 aliphatic heterocycles. The maximum atomic E-state index is 12.2. The molecular formula is C13H11NO2S2. The van der Waals surface area contributed by atoms with Crippen LogP contribution in [0.5, 0.6) is 0 Å². The quantitative estimate of drug-likeness (QED) is 0.917. The van der Waals surface area contributed by atoms with Crippen molar-refractivity contribution in [3.05, 3.63) is 44.3 Å². The first-order chi connectivity index (χ1) is 8.75. The van der Waals surface area contributed by atoms with Gasteiger partial charge in [0, 0.05) is 0 Å². The molecule has 2 heterocycles. The standard InChI is InChI=1S/C13H11NO2S2/c15-11-9(4-3-8-5-7-18-12(8)11)14-13(16)10-2-1-6-17-10/h1-2,5-7,9H,3-4H2,(H,14,16). The average molecular weight is 277 g/mol. The summed E-state index contributed by atoms with van der Waals surface area (Å²) in [6, 6.07) is 5.23. The molecule has 1 N–H and O–H groups in total. The minimum atomic E-state index is -0.370. The average Bonchev–Trinajstić information content (AvgIpc) is 3.02. The van der Waals surface area contributed by atoms with Gasteiger partial charge in [0.25, 0.3) is 5.91 Å². The lowest BCUT2D eigenvalue weighted by Gasteiger charge is -2.21. The summed E-state index contributed by atoms with van der Waals surface area (Å²) < 4.78 is 0. The van der Waals surface area contributed by atoms with E-state index in [-0.39, 0.29) is 17.7 Å². The second-order valence-electron chi connectivity index (χ2n) is 4.18. The Hall–Kier alpha value is -1.46. The summed E-state index contributed by atoms with van der Waals surface area (Å²) in [6.07, 6.45) is 1.56. The zero-order valence-electron chi connectivity index (χ0n) is 9.51. The van der Waals surface area contributed by atoms with Crippen molar-refractivity contribution in [2.45, 2.75) is 18.9 Å². The first-order valence-corrected chi connectivity index (χ1v) is 7.46. The molecule has 1 amide bonds. The Labute approximate surface area is 112 Å². The summed E-state index contributed by atoms with van der Waals surface area (Å²) >= 11 is 2.85. The van der Waals surface area contributed by atoms with Gasteiger partial charge in [-0.1, -0.05) is 6.07 Å². The maximum absolute atomic E-state index is 12.2. The Kier molecular flexibility index (Phi) is 3.01. The van der Waals surface area contributed by atoms with Crippen LogP contribution in [0.4, 0.5) is 0 Å². The maximum Gasteiger partial charge on any atom is 0.261 e. The number of amides is 1. The van der Waals surface area contributed by atoms with Gasteiger partial charge in [0.05, 0.1) is 15.8 Å². The summed E-state index contributed by atoms with van der Waals surface area (Å²) in [4.78, 5) is 25.6. The van der Waals surface area contributed by atoms with Crippen LogP contribution in [0.25, 0.3) is 0 Å². The summed E-state index contributed by atoms with van der Waals surface area (Å²) in [5.74, 6) is -0.0977. The molecule has 0 radical (unpaired) electrons. The molecule has 3 nitrogen and oxygen atoms in total. The van der Waals surface area contributed by atoms with Crippen LogP contribution in [0, 0.1) is 0 Å². The van der Waals surface area contributed by atoms with E-state index in [4.69, 9.17) is 0 Å². The molecule has 1 unspecified atom stereocenters. The smallest absolute Gasteiger partial charge is 0.261 e. The van der Waals surface area contributed by atoms with Gasteiger partial charge in [-0.3, -0.25) is 9.59 Å². The molecular weight excluding hydrogens is 266 g/mol. The monoisotopic (exact) mass is 277 g/mol. The van der Waals surface area contributed by atoms with Crippen LogP contribution in [-0.2, 0) is 6.42 Å². The second kappa shape index (κ2) is 4.66. The van der Waals surface area contributed by atoms with E-state index in [1.54, 1.807) is 6.07 Å². The highest BCUT2D eigenvalue weighted by Gasteiger charge is 2.29. The van der Waals surface area contributed by atoms with E-state index >= 15 is 0 Å². The number of Topliss-reactive ketones (excluding diaryl/α,β-unsaturated/α-hetero) is 1. The molecule has 1 atom stereocenters. The fourth-order valence-corrected chi connectivity index (χ4v) is 3.69. The number of aryl methyl sites for hydroxylation is 1. The van der Waals surface area contributed by atoms with Gasteiger partial charge in [0.2, 0.25) is 0 Å². The predicted octanol–water partition coefficient (Wildman–Crippen LogP) is 2.74. The number of thiophene rings is 2. The highest BCUT2D eigenvalue weighted by atomic mass is 32.1. The lowest BCUT2D eigenvalue weighted by atomic mass is 9.93. The molecule has 0 bridgehead atoms. The lowest BCUT2D eigenvalue weighted by Crippen LogP contribution is -2.42. The molecule has 2 aromatic heterocycles. The zero-order valence-corrected chi connectivity index (χ0v) is 11.1. The van der Waals surface area contributed by atoms with Crippen molar-refractivity contribution in [2.24, 2.45) is 0 Å². The van der Waals surface area contributed by atoms with E-state index in [1.165, 1.54) is 22.7 Å². The van der Waals surface area contributed by atoms with Crippen molar-refractivity contribution in [3.63, 3.8) is 0 Å². The zero-order chi connectivity index (χ0) is 12.5. The van der Waals surface area contributed by atoms with Crippen LogP contribution >= 0.6 is 22.7 Å². The van der Waals surface area contributed by atoms with Crippen LogP contribution in [0.1, 0.15) is 31.3 Å². The fraction of sp³-hybridized carbons (Fsp3) is 0.231. The molecule has 92 valence electrons. The van der Waals surface area contributed by atoms with E-state index in [9.17, 15) is 9.59 Å². The van der Waals surface area contributed by atoms with E-state index in [0.29, 0.717) is 11.3 Å². The number of nitrogens with one attached hydrogen (secondary N) is 1. The van der Waals surface area contributed by atoms with E-state index < -0.39 is 0 Å². The fourth-order valence-electron chi connectivity index (χ4n) is 2.11. The van der Waals surface area contributed by atoms with E-state index in [2.05, 4.69) is 5.32 Å². The number of hydrogen-bond acceptors (Lipinski definition) is 4. The Morgan fingerprint density at radius 3 is 2.94 bits per heavy atom. The minimum absolute atomic E-state index is 0.0520. The Bertz CT molecular complexity index is 586. The van der Waals surface area contributed by atoms with Gasteiger partial charge in [-0.2, -0.15) is 0 Å². The van der Waals surface area contributed by atoms with Crippen LogP contribution in [0.3, 0.4) is 0 Å². The highest BCUT2D eigenvalue weighted by molar-refractivity contribution is 7.12. The number of rotatable bonds is 2. The van der Waals surface area contributed by atoms with Gasteiger partial charge in [0.1, 0.15) is 0 Å². The molecule has 0 saturated carbocycles. The van der Waals surface area contributed by atoms with E-state index in [1.807, 2.05) is 22.9 Å².